The van der Waals surface area contributed by atoms with E-state index in [0.717, 1.165) is 44.9 Å². The molecule has 496 valence electrons. The van der Waals surface area contributed by atoms with Gasteiger partial charge in [-0.2, -0.15) is 0 Å². The van der Waals surface area contributed by atoms with Crippen LogP contribution in [0.25, 0.3) is 0 Å². The van der Waals surface area contributed by atoms with Gasteiger partial charge in [-0.3, -0.25) is 47.9 Å². The van der Waals surface area contributed by atoms with Crippen molar-refractivity contribution in [3.05, 3.63) is 0 Å². The lowest BCUT2D eigenvalue weighted by atomic mass is 9.92. The lowest BCUT2D eigenvalue weighted by Crippen LogP contribution is -2.66. The van der Waals surface area contributed by atoms with Gasteiger partial charge in [0.05, 0.1) is 12.7 Å². The highest BCUT2D eigenvalue weighted by molar-refractivity contribution is 6.00. The van der Waals surface area contributed by atoms with Crippen LogP contribution in [0, 0.1) is 23.7 Å². The Morgan fingerprint density at radius 1 is 0.523 bits per heavy atom. The second kappa shape index (κ2) is 39.5. The molecule has 0 aromatic rings. The van der Waals surface area contributed by atoms with Gasteiger partial charge in [0.2, 0.25) is 59.1 Å². The van der Waals surface area contributed by atoms with Gasteiger partial charge >= 0.3 is 0 Å². The van der Waals surface area contributed by atoms with Crippen LogP contribution >= 0.6 is 0 Å². The zero-order chi connectivity index (χ0) is 65.5. The van der Waals surface area contributed by atoms with E-state index >= 15 is 0 Å². The quantitative estimate of drug-likeness (QED) is 0.0384. The highest BCUT2D eigenvalue weighted by atomic mass is 16.3. The van der Waals surface area contributed by atoms with Gasteiger partial charge in [0, 0.05) is 45.1 Å². The minimum atomic E-state index is -1.68. The highest BCUT2D eigenvalue weighted by Gasteiger charge is 2.42. The van der Waals surface area contributed by atoms with E-state index in [2.05, 4.69) is 60.1 Å². The fourth-order valence-corrected chi connectivity index (χ4v) is 10.4. The molecular weight excluding hydrogens is 1100 g/mol. The molecule has 10 amide bonds. The van der Waals surface area contributed by atoms with E-state index in [4.69, 9.17) is 5.11 Å². The van der Waals surface area contributed by atoms with Crippen LogP contribution < -0.4 is 53.2 Å². The van der Waals surface area contributed by atoms with Crippen molar-refractivity contribution in [1.82, 2.24) is 58.1 Å². The Balaban J connectivity index is 3.40. The van der Waals surface area contributed by atoms with Crippen LogP contribution in [0.2, 0.25) is 0 Å². The van der Waals surface area contributed by atoms with Crippen LogP contribution in [0.4, 0.5) is 0 Å². The van der Waals surface area contributed by atoms with Gasteiger partial charge in [-0.1, -0.05) is 107 Å². The molecule has 0 aromatic carbocycles. The molecular formula is C63H117N11O12. The van der Waals surface area contributed by atoms with Gasteiger partial charge in [0.1, 0.15) is 46.8 Å². The molecule has 1 aliphatic heterocycles. The second-order valence-electron chi connectivity index (χ2n) is 26.7. The van der Waals surface area contributed by atoms with Crippen LogP contribution in [0.5, 0.6) is 0 Å². The normalized spacial score (nSPS) is 16.6. The molecule has 9 atom stereocenters. The molecule has 0 saturated carbocycles. The topological polar surface area (TPSA) is 335 Å². The van der Waals surface area contributed by atoms with Crippen molar-refractivity contribution in [1.29, 1.82) is 0 Å². The van der Waals surface area contributed by atoms with Crippen molar-refractivity contribution in [3.8, 4) is 0 Å². The third-order valence-electron chi connectivity index (χ3n) is 15.5. The summed E-state index contributed by atoms with van der Waals surface area (Å²) in [6.07, 6.45) is 9.42. The maximum atomic E-state index is 14.6. The van der Waals surface area contributed by atoms with Crippen molar-refractivity contribution in [2.75, 3.05) is 32.8 Å². The van der Waals surface area contributed by atoms with Crippen LogP contribution in [0.1, 0.15) is 226 Å². The van der Waals surface area contributed by atoms with E-state index in [1.807, 2.05) is 62.3 Å². The Kier molecular flexibility index (Phi) is 36.1. The highest BCUT2D eigenvalue weighted by Crippen LogP contribution is 2.23. The molecule has 1 saturated heterocycles. The number of amides is 10. The summed E-state index contributed by atoms with van der Waals surface area (Å²) in [5.74, 6) is -6.03. The summed E-state index contributed by atoms with van der Waals surface area (Å²) in [5.41, 5.74) is -4.94. The molecule has 86 heavy (non-hydrogen) atoms. The molecule has 12 N–H and O–H groups in total. The summed E-state index contributed by atoms with van der Waals surface area (Å²) in [4.78, 5) is 140. The Morgan fingerprint density at radius 3 is 1.59 bits per heavy atom. The Labute approximate surface area is 515 Å². The number of aliphatic hydroxyl groups is 2. The Morgan fingerprint density at radius 2 is 1.05 bits per heavy atom. The first-order chi connectivity index (χ1) is 40.1. The van der Waals surface area contributed by atoms with Gasteiger partial charge in [0.15, 0.2) is 0 Å². The van der Waals surface area contributed by atoms with E-state index in [1.54, 1.807) is 4.90 Å². The van der Waals surface area contributed by atoms with Crippen molar-refractivity contribution < 1.29 is 58.2 Å². The average molecular weight is 1220 g/mol. The fraction of sp³-hybridized carbons (Fsp3) is 0.841. The number of hydrogen-bond donors (Lipinski definition) is 12. The van der Waals surface area contributed by atoms with Crippen molar-refractivity contribution >= 4 is 59.1 Å². The molecule has 0 aliphatic carbocycles. The third kappa shape index (κ3) is 30.0. The first-order valence-electron chi connectivity index (χ1n) is 32.2. The van der Waals surface area contributed by atoms with Crippen molar-refractivity contribution in [2.24, 2.45) is 23.7 Å². The van der Waals surface area contributed by atoms with Gasteiger partial charge in [-0.15, -0.1) is 0 Å². The summed E-state index contributed by atoms with van der Waals surface area (Å²) >= 11 is 0. The van der Waals surface area contributed by atoms with E-state index in [-0.39, 0.29) is 93.2 Å². The molecule has 0 unspecified atom stereocenters. The Bertz CT molecular complexity index is 2160. The average Bonchev–Trinajstić information content (AvgIpc) is 2.30. The molecule has 1 rings (SSSR count). The smallest absolute Gasteiger partial charge is 0.246 e. The van der Waals surface area contributed by atoms with Crippen LogP contribution in [-0.4, -0.2) is 166 Å². The lowest BCUT2D eigenvalue weighted by molar-refractivity contribution is -0.141. The van der Waals surface area contributed by atoms with Crippen LogP contribution in [0.15, 0.2) is 0 Å². The molecule has 1 heterocycles. The first-order valence-corrected chi connectivity index (χ1v) is 32.2. The molecule has 23 nitrogen and oxygen atoms in total. The standard InChI is InChI=1S/C63H117N11O12/c1-17-20-22-23-26-42(8)37-48(54(80)67-47(35-41(6)7)55(81)71-61(11,12)58(84)69-46(34-40(4)5)53(79)65-30-29-51(77)66-44(10)39-64-31-33-75)70-59(85)62(13,14)73-60(86)63(15,16)72-56(82)49(38-43(9)36-45(76)27-21-18-2)68-57(83)50-28-24-32-74(50)52(78)25-19-3/h40-50,64,75-76H,17-39H2,1-16H3,(H,65,79)(H,66,77)(H,67,80)(H,68,83)(H,69,84)(H,70,85)(H,71,81)(H,72,82)(H,73,86)/t42-,43-,44+,45+,46+,47+,48+,49+,50+/m1/s1. The number of unbranched alkanes of at least 4 members (excludes halogenated alkanes) is 4. The van der Waals surface area contributed by atoms with Crippen molar-refractivity contribution in [2.45, 2.75) is 285 Å². The number of nitrogens with zero attached hydrogens (tertiary/aromatic N) is 1. The van der Waals surface area contributed by atoms with Crippen molar-refractivity contribution in [3.63, 3.8) is 0 Å². The number of hydrogen-bond acceptors (Lipinski definition) is 13. The number of carbonyl (C=O) groups excluding carboxylic acids is 10. The Hall–Kier alpha value is -5.42. The number of carbonyl (C=O) groups is 10. The van der Waals surface area contributed by atoms with E-state index in [0.29, 0.717) is 51.7 Å². The van der Waals surface area contributed by atoms with Gasteiger partial charge in [-0.25, -0.2) is 0 Å². The maximum Gasteiger partial charge on any atom is 0.246 e. The van der Waals surface area contributed by atoms with Gasteiger partial charge < -0.3 is 68.3 Å². The number of rotatable bonds is 43. The first kappa shape index (κ1) is 78.6. The largest absolute Gasteiger partial charge is 0.395 e. The molecule has 0 bridgehead atoms. The number of likely N-dealkylation sites (tertiary alicyclic amines) is 1. The van der Waals surface area contributed by atoms with Crippen LogP contribution in [0.3, 0.4) is 0 Å². The third-order valence-corrected chi connectivity index (χ3v) is 15.5. The van der Waals surface area contributed by atoms with E-state index in [1.165, 1.54) is 41.5 Å². The summed E-state index contributed by atoms with van der Waals surface area (Å²) in [7, 11) is 0. The molecule has 23 heteroatoms. The summed E-state index contributed by atoms with van der Waals surface area (Å²) in [6.45, 7) is 29.2. The predicted octanol–water partition coefficient (Wildman–Crippen LogP) is 4.05. The molecule has 0 radical (unpaired) electrons. The van der Waals surface area contributed by atoms with Gasteiger partial charge in [0.25, 0.3) is 0 Å². The summed E-state index contributed by atoms with van der Waals surface area (Å²) in [5, 5.41) is 48.0. The minimum Gasteiger partial charge on any atom is -0.395 e. The predicted molar refractivity (Wildman–Crippen MR) is 335 cm³/mol. The number of nitrogens with one attached hydrogen (secondary N) is 10. The second-order valence-corrected chi connectivity index (χ2v) is 26.7. The SMILES string of the molecule is CCCCCC[C@@H](C)C[C@H](NC(=O)C(C)(C)NC(=O)C(C)(C)NC(=O)[C@H](C[C@H](C)C[C@@H](O)CCCC)NC(=O)[C@@H]1CCCN1C(=O)CCC)C(=O)N[C@@H](CC(C)C)C(=O)NC(C)(C)C(=O)N[C@@H](CC(C)C)C(=O)NCCC(=O)N[C@@H](C)CNCCO. The molecule has 1 aliphatic rings. The maximum absolute atomic E-state index is 14.6. The van der Waals surface area contributed by atoms with E-state index < -0.39 is 100 Å². The summed E-state index contributed by atoms with van der Waals surface area (Å²) < 4.78 is 0. The molecule has 1 fully saturated rings. The summed E-state index contributed by atoms with van der Waals surface area (Å²) in [6, 6.07) is -5.49. The van der Waals surface area contributed by atoms with E-state index in [9.17, 15) is 53.1 Å². The fourth-order valence-electron chi connectivity index (χ4n) is 10.4. The minimum absolute atomic E-state index is 0.00750. The van der Waals surface area contributed by atoms with Crippen LogP contribution in [-0.2, 0) is 47.9 Å². The molecule has 0 aromatic heterocycles. The number of aliphatic hydroxyl groups excluding tert-OH is 2. The molecule has 0 spiro atoms. The zero-order valence-corrected chi connectivity index (χ0v) is 55.5. The monoisotopic (exact) mass is 1220 g/mol. The van der Waals surface area contributed by atoms with Gasteiger partial charge in [-0.05, 0) is 130 Å². The lowest BCUT2D eigenvalue weighted by Gasteiger charge is -2.35. The zero-order valence-electron chi connectivity index (χ0n) is 55.5.